The molecule has 3 rings (SSSR count). The summed E-state index contributed by atoms with van der Waals surface area (Å²) in [6, 6.07) is 0. The van der Waals surface area contributed by atoms with Crippen molar-refractivity contribution >= 4 is 0 Å². The molecule has 0 N–H and O–H groups in total. The molecule has 3 aliphatic rings. The summed E-state index contributed by atoms with van der Waals surface area (Å²) in [7, 11) is 0. The van der Waals surface area contributed by atoms with Crippen LogP contribution >= 0.6 is 0 Å². The first-order valence-corrected chi connectivity index (χ1v) is 4.17. The van der Waals surface area contributed by atoms with Gasteiger partial charge in [0.1, 0.15) is 0 Å². The molecule has 0 amide bonds. The topological polar surface area (TPSA) is 3.24 Å². The monoisotopic (exact) mass is 123 g/mol. The summed E-state index contributed by atoms with van der Waals surface area (Å²) in [5.41, 5.74) is 0.806. The van der Waals surface area contributed by atoms with E-state index in [-0.39, 0.29) is 0 Å². The van der Waals surface area contributed by atoms with E-state index in [0.29, 0.717) is 0 Å². The minimum absolute atomic E-state index is 0.806. The van der Waals surface area contributed by atoms with Crippen LogP contribution in [-0.4, -0.2) is 23.5 Å². The first kappa shape index (κ1) is 4.73. The van der Waals surface area contributed by atoms with Gasteiger partial charge >= 0.3 is 0 Å². The van der Waals surface area contributed by atoms with Gasteiger partial charge in [-0.05, 0) is 44.7 Å². The number of piperidine rings is 1. The van der Waals surface area contributed by atoms with Crippen LogP contribution in [0.2, 0.25) is 0 Å². The summed E-state index contributed by atoms with van der Waals surface area (Å²) < 4.78 is 0. The molecule has 9 heavy (non-hydrogen) atoms. The van der Waals surface area contributed by atoms with Crippen molar-refractivity contribution in [2.75, 3.05) is 13.1 Å². The fourth-order valence-corrected chi connectivity index (χ4v) is 3.03. The first-order valence-electron chi connectivity index (χ1n) is 4.17. The van der Waals surface area contributed by atoms with Crippen molar-refractivity contribution in [3.8, 4) is 0 Å². The molecule has 1 aliphatic carbocycles. The largest absolute Gasteiger partial charge is 0.297 e. The number of nitrogens with zero attached hydrogens (tertiary/aromatic N) is 1. The van der Waals surface area contributed by atoms with E-state index in [1.807, 2.05) is 0 Å². The molecule has 0 aromatic heterocycles. The molecule has 1 nitrogen and oxygen atoms in total. The van der Waals surface area contributed by atoms with Gasteiger partial charge in [-0.1, -0.05) is 0 Å². The average molecular weight is 123 g/mol. The van der Waals surface area contributed by atoms with Gasteiger partial charge < -0.3 is 0 Å². The third kappa shape index (κ3) is 0.389. The van der Waals surface area contributed by atoms with Gasteiger partial charge in [0.2, 0.25) is 0 Å². The highest BCUT2D eigenvalue weighted by molar-refractivity contribution is 5.18. The van der Waals surface area contributed by atoms with E-state index in [4.69, 9.17) is 0 Å². The minimum atomic E-state index is 0.806. The molecule has 2 aliphatic heterocycles. The molecule has 1 spiro atoms. The highest BCUT2D eigenvalue weighted by Gasteiger charge is 2.62. The third-order valence-electron chi connectivity index (χ3n) is 3.61. The Bertz CT molecular complexity index is 153. The van der Waals surface area contributed by atoms with E-state index in [2.05, 4.69) is 4.90 Å². The van der Waals surface area contributed by atoms with Crippen molar-refractivity contribution < 1.29 is 0 Å². The number of hydrogen-bond acceptors (Lipinski definition) is 1. The molecule has 1 saturated carbocycles. The van der Waals surface area contributed by atoms with E-state index in [1.54, 1.807) is 6.42 Å². The van der Waals surface area contributed by atoms with Crippen molar-refractivity contribution in [3.05, 3.63) is 0 Å². The molecule has 1 heteroatoms. The molecule has 50 valence electrons. The third-order valence-corrected chi connectivity index (χ3v) is 3.61. The molecular formula is C8H13N. The molecule has 0 aromatic rings. The second kappa shape index (κ2) is 1.20. The van der Waals surface area contributed by atoms with Crippen molar-refractivity contribution in [3.63, 3.8) is 0 Å². The van der Waals surface area contributed by atoms with Gasteiger partial charge in [-0.3, -0.25) is 4.90 Å². The maximum atomic E-state index is 2.73. The lowest BCUT2D eigenvalue weighted by atomic mass is 10.1. The molecule has 0 unspecified atom stereocenters. The van der Waals surface area contributed by atoms with Crippen LogP contribution in [0.5, 0.6) is 0 Å². The first-order chi connectivity index (χ1) is 4.42. The Morgan fingerprint density at radius 1 is 1.33 bits per heavy atom. The SMILES string of the molecule is C1CN2CC[C@@H]3C[C@]32C1. The predicted octanol–water partition coefficient (Wildman–Crippen LogP) is 1.24. The summed E-state index contributed by atoms with van der Waals surface area (Å²) in [6.45, 7) is 2.83. The van der Waals surface area contributed by atoms with E-state index >= 15 is 0 Å². The summed E-state index contributed by atoms with van der Waals surface area (Å²) in [5, 5.41) is 0. The van der Waals surface area contributed by atoms with E-state index in [9.17, 15) is 0 Å². The summed E-state index contributed by atoms with van der Waals surface area (Å²) in [4.78, 5) is 2.73. The van der Waals surface area contributed by atoms with Gasteiger partial charge in [-0.25, -0.2) is 0 Å². The number of rotatable bonds is 0. The Kier molecular flexibility index (Phi) is 0.628. The van der Waals surface area contributed by atoms with Gasteiger partial charge in [-0.2, -0.15) is 0 Å². The second-order valence-corrected chi connectivity index (χ2v) is 3.88. The standard InChI is InChI=1S/C8H13N/c1-3-8-6-7(8)2-5-9(8)4-1/h7H,1-6H2/t7-,8-/m1/s1. The minimum Gasteiger partial charge on any atom is -0.297 e. The van der Waals surface area contributed by atoms with Crippen molar-refractivity contribution in [2.45, 2.75) is 31.2 Å². The Hall–Kier alpha value is -0.0400. The fraction of sp³-hybridized carbons (Fsp3) is 1.00. The van der Waals surface area contributed by atoms with Crippen molar-refractivity contribution in [1.29, 1.82) is 0 Å². The molecular weight excluding hydrogens is 110 g/mol. The van der Waals surface area contributed by atoms with Crippen LogP contribution in [0.25, 0.3) is 0 Å². The zero-order valence-corrected chi connectivity index (χ0v) is 5.77. The maximum Gasteiger partial charge on any atom is 0.0242 e. The van der Waals surface area contributed by atoms with Crippen molar-refractivity contribution in [1.82, 2.24) is 4.90 Å². The molecule has 2 saturated heterocycles. The zero-order valence-electron chi connectivity index (χ0n) is 5.77. The molecule has 0 aromatic carbocycles. The Morgan fingerprint density at radius 2 is 2.33 bits per heavy atom. The lowest BCUT2D eigenvalue weighted by molar-refractivity contribution is 0.276. The Balaban J connectivity index is 1.99. The molecule has 0 bridgehead atoms. The van der Waals surface area contributed by atoms with Crippen LogP contribution in [0.1, 0.15) is 25.7 Å². The summed E-state index contributed by atoms with van der Waals surface area (Å²) >= 11 is 0. The second-order valence-electron chi connectivity index (χ2n) is 3.88. The van der Waals surface area contributed by atoms with Gasteiger partial charge in [0.15, 0.2) is 0 Å². The smallest absolute Gasteiger partial charge is 0.0242 e. The van der Waals surface area contributed by atoms with E-state index < -0.39 is 0 Å². The van der Waals surface area contributed by atoms with Crippen LogP contribution in [0.3, 0.4) is 0 Å². The van der Waals surface area contributed by atoms with E-state index in [0.717, 1.165) is 11.5 Å². The van der Waals surface area contributed by atoms with Crippen LogP contribution in [-0.2, 0) is 0 Å². The van der Waals surface area contributed by atoms with E-state index in [1.165, 1.54) is 32.4 Å². The van der Waals surface area contributed by atoms with Gasteiger partial charge in [0.25, 0.3) is 0 Å². The van der Waals surface area contributed by atoms with Crippen LogP contribution in [0.4, 0.5) is 0 Å². The highest BCUT2D eigenvalue weighted by Crippen LogP contribution is 2.60. The predicted molar refractivity (Wildman–Crippen MR) is 36.3 cm³/mol. The summed E-state index contributed by atoms with van der Waals surface area (Å²) in [6.07, 6.45) is 6.07. The molecule has 2 heterocycles. The highest BCUT2D eigenvalue weighted by atomic mass is 15.3. The van der Waals surface area contributed by atoms with Crippen LogP contribution in [0.15, 0.2) is 0 Å². The summed E-state index contributed by atoms with van der Waals surface area (Å²) in [5.74, 6) is 1.14. The molecule has 3 fully saturated rings. The lowest BCUT2D eigenvalue weighted by Gasteiger charge is -2.17. The lowest BCUT2D eigenvalue weighted by Crippen LogP contribution is -2.27. The number of hydrogen-bond donors (Lipinski definition) is 0. The van der Waals surface area contributed by atoms with Gasteiger partial charge in [0.05, 0.1) is 0 Å². The Labute approximate surface area is 56.0 Å². The Morgan fingerprint density at radius 3 is 3.11 bits per heavy atom. The van der Waals surface area contributed by atoms with Gasteiger partial charge in [0, 0.05) is 5.54 Å². The zero-order chi connectivity index (χ0) is 5.90. The van der Waals surface area contributed by atoms with Gasteiger partial charge in [-0.15, -0.1) is 0 Å². The quantitative estimate of drug-likeness (QED) is 0.468. The van der Waals surface area contributed by atoms with Crippen LogP contribution < -0.4 is 0 Å². The molecule has 0 radical (unpaired) electrons. The maximum absolute atomic E-state index is 2.73. The fourth-order valence-electron chi connectivity index (χ4n) is 3.03. The van der Waals surface area contributed by atoms with Crippen molar-refractivity contribution in [2.24, 2.45) is 5.92 Å². The normalized spacial score (nSPS) is 55.3. The molecule has 2 atom stereocenters. The van der Waals surface area contributed by atoms with Crippen LogP contribution in [0, 0.1) is 5.92 Å². The average Bonchev–Trinajstić information content (AvgIpc) is 2.30.